The maximum absolute atomic E-state index is 4.61. The van der Waals surface area contributed by atoms with Crippen molar-refractivity contribution in [1.82, 2.24) is 34.9 Å². The average molecular weight is 3260 g/mol. The molecule has 713 valence electrons. The summed E-state index contributed by atoms with van der Waals surface area (Å²) in [6, 6.07) is 110. The van der Waals surface area contributed by atoms with Gasteiger partial charge in [-0.15, -0.1) is 0 Å². The minimum atomic E-state index is 0. The van der Waals surface area contributed by atoms with Gasteiger partial charge in [0.1, 0.15) is 0 Å². The second-order valence-electron chi connectivity index (χ2n) is 23.7. The Morgan fingerprint density at radius 3 is 1.05 bits per heavy atom. The topological polar surface area (TPSA) is 559 Å². The zero-order valence-corrected chi connectivity index (χ0v) is 92.2. The first-order valence-corrected chi connectivity index (χ1v) is 55.5. The maximum Gasteiger partial charge on any atom is 0.0708 e. The molecule has 1 aliphatic rings. The number of aryl methyl sites for hydroxylation is 2. The summed E-state index contributed by atoms with van der Waals surface area (Å²) in [6.07, 6.45) is 20.2. The second-order valence-corrected chi connectivity index (χ2v) is 25.6. The molecule has 0 saturated carbocycles. The van der Waals surface area contributed by atoms with Crippen molar-refractivity contribution in [3.05, 3.63) is 477 Å². The normalized spacial score (nSPS) is 9.09. The Kier molecular flexibility index (Phi) is 92.7. The quantitative estimate of drug-likeness (QED) is 0.164. The van der Waals surface area contributed by atoms with Crippen LogP contribution in [0.4, 0.5) is 0 Å². The monoisotopic (exact) mass is 3250 g/mol. The first-order chi connectivity index (χ1) is 56.4. The molecule has 18 aromatic rings. The molecule has 11 aromatic carbocycles. The van der Waals surface area contributed by atoms with Crippen LogP contribution in [-0.2, 0) is 144 Å². The fourth-order valence-corrected chi connectivity index (χ4v) is 12.9. The molecule has 7 aromatic heterocycles. The van der Waals surface area contributed by atoms with Gasteiger partial charge >= 0.3 is 197 Å². The largest absolute Gasteiger partial charge is 0.693 e. The fourth-order valence-electron chi connectivity index (χ4n) is 12.1. The van der Waals surface area contributed by atoms with Gasteiger partial charge in [-0.3, -0.25) is 34.9 Å². The van der Waals surface area contributed by atoms with Gasteiger partial charge in [0.05, 0.1) is 33.1 Å². The van der Waals surface area contributed by atoms with Crippen LogP contribution in [0.2, 0.25) is 0 Å². The number of fused-ring (bicyclic) bond motifs is 9. The molecule has 28 N–H and O–H groups in total. The van der Waals surface area contributed by atoms with Gasteiger partial charge in [0, 0.05) is 107 Å². The molecule has 0 fully saturated rings. The van der Waals surface area contributed by atoms with Gasteiger partial charge in [0.25, 0.3) is 0 Å². The van der Waals surface area contributed by atoms with Crippen LogP contribution in [0.25, 0.3) is 207 Å². The van der Waals surface area contributed by atoms with E-state index in [4.69, 9.17) is 0 Å². The van der Waals surface area contributed by atoms with Crippen molar-refractivity contribution in [3.63, 3.8) is 0 Å². The van der Waals surface area contributed by atoms with Crippen molar-refractivity contribution in [3.8, 4) is 44.5 Å². The number of aromatic nitrogens is 7. The van der Waals surface area contributed by atoms with Crippen LogP contribution in [0.3, 0.4) is 0 Å². The Balaban J connectivity index is -0.000000177. The van der Waals surface area contributed by atoms with Gasteiger partial charge in [0.15, 0.2) is 0 Å². The molecular weight excluding hydrogens is 3160 g/mol. The number of nitrogens with two attached hydrogens (primary N) is 14. The van der Waals surface area contributed by atoms with Gasteiger partial charge in [-0.05, 0) is 176 Å². The zero-order chi connectivity index (χ0) is 81.9. The number of para-hydroxylation sites is 4. The summed E-state index contributed by atoms with van der Waals surface area (Å²) in [4.78, 5) is 30.4. The number of nitrogens with zero attached hydrogens (tertiary/aromatic N) is 7. The van der Waals surface area contributed by atoms with E-state index in [9.17, 15) is 0 Å². The molecule has 0 amide bonds. The molecule has 37 heteroatoms. The van der Waals surface area contributed by atoms with Crippen molar-refractivity contribution in [2.24, 2.45) is 0 Å². The average Bonchev–Trinajstić information content (AvgIpc) is 0.802. The molecule has 0 bridgehead atoms. The third-order valence-corrected chi connectivity index (χ3v) is 18.0. The van der Waals surface area contributed by atoms with Gasteiger partial charge in [-0.25, -0.2) is 0 Å². The fraction of sp³-hybridized carbons (Fsp3) is 0.0440. The van der Waals surface area contributed by atoms with Crippen molar-refractivity contribution in [2.75, 3.05) is 0 Å². The molecule has 7 heterocycles. The van der Waals surface area contributed by atoms with Crippen LogP contribution in [0.1, 0.15) is 24.0 Å². The number of benzene rings is 11. The van der Waals surface area contributed by atoms with E-state index in [1.54, 1.807) is 143 Å². The Labute approximate surface area is 876 Å². The van der Waals surface area contributed by atoms with E-state index in [0.29, 0.717) is 0 Å². The predicted molar refractivity (Wildman–Crippen MR) is 541 cm³/mol. The van der Waals surface area contributed by atoms with E-state index in [1.807, 2.05) is 165 Å². The summed E-state index contributed by atoms with van der Waals surface area (Å²) in [7, 11) is 32.3. The molecule has 1 aliphatic carbocycles. The van der Waals surface area contributed by atoms with E-state index in [2.05, 4.69) is 333 Å². The van der Waals surface area contributed by atoms with Gasteiger partial charge < -0.3 is 86.1 Å². The molecule has 19 rings (SSSR count). The second kappa shape index (κ2) is 84.5. The summed E-state index contributed by atoms with van der Waals surface area (Å²) in [6.45, 7) is 0. The van der Waals surface area contributed by atoms with Crippen LogP contribution < -0.4 is 0 Å². The Morgan fingerprint density at radius 1 is 0.211 bits per heavy atom. The third-order valence-electron chi connectivity index (χ3n) is 17.1. The molecule has 0 spiro atoms. The molecule has 21 nitrogen and oxygen atoms in total. The first-order valence-electron chi connectivity index (χ1n) is 34.2. The number of hydrogen-bond acceptors (Lipinski definition) is 7. The van der Waals surface area contributed by atoms with Crippen molar-refractivity contribution in [2.45, 2.75) is 25.7 Å². The Morgan fingerprint density at radius 2 is 0.547 bits per heavy atom. The van der Waals surface area contributed by atoms with Gasteiger partial charge in [-0.1, -0.05) is 253 Å². The van der Waals surface area contributed by atoms with E-state index in [0.717, 1.165) is 42.0 Å². The van der Waals surface area contributed by atoms with E-state index < -0.39 is 0 Å². The molecule has 0 saturated heterocycles. The van der Waals surface area contributed by atoms with Crippen molar-refractivity contribution < 1.29 is 131 Å². The summed E-state index contributed by atoms with van der Waals surface area (Å²) in [5.74, 6) is 0. The van der Waals surface area contributed by atoms with Crippen LogP contribution >= 0.6 is 97.8 Å². The smallest absolute Gasteiger partial charge is 0.0708 e. The van der Waals surface area contributed by atoms with E-state index >= 15 is 0 Å². The number of pyridine rings is 7. The minimum Gasteiger partial charge on any atom is -0.693 e. The van der Waals surface area contributed by atoms with Gasteiger partial charge in [-0.2, -0.15) is 0 Å². The van der Waals surface area contributed by atoms with Crippen LogP contribution in [-0.4, -0.2) is 34.9 Å². The minimum absolute atomic E-state index is 0. The van der Waals surface area contributed by atoms with Crippen LogP contribution in [0.15, 0.2) is 380 Å². The number of halogens is 9. The molecular formula is C91H97Br2Cl7N21Pt7-14. The number of rotatable bonds is 4. The standard InChI is InChI=1S/4C15H11N.C13H13N.2C9H6BrN.7ClH.14H2N.7Pt/c1-2-6-12(7-3-1)14-10-13-8-4-5-9-15(13)16-11-14;1-2-6-12(7-3-1)15-11-16-10-13-8-4-5-9-14(13)15;1-2-6-12(7-3-1)13-10-11-16-15-9-5-4-8-14(13)15;1-2-5-12(6-3-1)13-8-9-15-14(11-13)7-4-10-16-15;1-2-6-11-10(5-1)9-14-13-8-4-3-7-12(11)13;10-8-3-4-9-7(6-8)2-1-5-11-9;10-8-5-7-3-1-2-4-9(7)11-6-8;;;;;;;;;;;;;;;;;;;;;;;;;;;;/h4*1-11H;3-4,7-9H,1-2,5-6H2;2*1-6H;7*1H;14*1H2;;;;;;;/q;;;;;;;;;;;;;;14*-1;7*+1/p-7. The molecule has 0 atom stereocenters. The Hall–Kier alpha value is -5.46. The first kappa shape index (κ1) is 140. The van der Waals surface area contributed by atoms with Crippen LogP contribution in [0.5, 0.6) is 0 Å². The Bertz CT molecular complexity index is 5460. The maximum atomic E-state index is 4.61. The number of hydrogen-bond donors (Lipinski definition) is 0. The summed E-state index contributed by atoms with van der Waals surface area (Å²) in [5, 5.41) is 9.71. The summed E-state index contributed by atoms with van der Waals surface area (Å²) < 4.78 is 2.12. The van der Waals surface area contributed by atoms with E-state index in [1.165, 1.54) is 119 Å². The molecule has 0 aliphatic heterocycles. The van der Waals surface area contributed by atoms with Gasteiger partial charge in [0.2, 0.25) is 0 Å². The third kappa shape index (κ3) is 45.0. The molecule has 0 radical (unpaired) electrons. The molecule has 0 unspecified atom stereocenters. The summed E-state index contributed by atoms with van der Waals surface area (Å²) >= 11 is 18.1. The predicted octanol–water partition coefficient (Wildman–Crippen LogP) is 39.6. The van der Waals surface area contributed by atoms with E-state index in [-0.39, 0.29) is 86.1 Å². The van der Waals surface area contributed by atoms with Crippen molar-refractivity contribution in [1.29, 1.82) is 0 Å². The van der Waals surface area contributed by atoms with Crippen LogP contribution in [0, 0.1) is 0 Å². The SMILES string of the molecule is Brc1ccc2ncccc2c1.Brc1cnc2ccccc2c1.[Cl][Pt].[Cl][Pt].[Cl][Pt].[Cl][Pt].[Cl][Pt].[Cl][Pt].[Cl][Pt].[NH2-].[NH2-].[NH2-].[NH2-].[NH2-].[NH2-].[NH2-].[NH2-].[NH2-].[NH2-].[NH2-].[NH2-].[NH2-].[NH2-].c1ccc(-c2ccc3ncccc3c2)cc1.c1ccc(-c2ccnc3ccccc23)cc1.c1ccc(-c2cnc3ccccc3c2)cc1.c1ccc(-c2cncc3ccccc23)cc1.c1ccc2c3c(cnc2c1)CCCC3. The summed E-state index contributed by atoms with van der Waals surface area (Å²) in [5.41, 5.74) is 19.1. The zero-order valence-electron chi connectivity index (χ0n) is 67.9. The molecule has 128 heavy (non-hydrogen) atoms. The van der Waals surface area contributed by atoms with Crippen molar-refractivity contribution >= 4 is 174 Å².